The highest BCUT2D eigenvalue weighted by atomic mass is 15.2. The zero-order chi connectivity index (χ0) is 13.8. The highest BCUT2D eigenvalue weighted by molar-refractivity contribution is 5.56. The van der Waals surface area contributed by atoms with Crippen LogP contribution in [0.4, 0.5) is 11.6 Å². The fourth-order valence-corrected chi connectivity index (χ4v) is 2.86. The third-order valence-electron chi connectivity index (χ3n) is 4.20. The number of rotatable bonds is 4. The maximum Gasteiger partial charge on any atom is 0.137 e. The van der Waals surface area contributed by atoms with Gasteiger partial charge in [0.05, 0.1) is 0 Å². The van der Waals surface area contributed by atoms with Crippen molar-refractivity contribution in [1.29, 1.82) is 0 Å². The molecule has 0 saturated carbocycles. The van der Waals surface area contributed by atoms with Gasteiger partial charge in [-0.3, -0.25) is 0 Å². The molecule has 0 aromatic carbocycles. The van der Waals surface area contributed by atoms with Gasteiger partial charge in [0.1, 0.15) is 18.0 Å². The van der Waals surface area contributed by atoms with Crippen LogP contribution >= 0.6 is 0 Å². The predicted molar refractivity (Wildman–Crippen MR) is 79.4 cm³/mol. The predicted octanol–water partition coefficient (Wildman–Crippen LogP) is 1.54. The van der Waals surface area contributed by atoms with E-state index in [0.717, 1.165) is 24.3 Å². The van der Waals surface area contributed by atoms with Gasteiger partial charge in [-0.2, -0.15) is 0 Å². The largest absolute Gasteiger partial charge is 0.383 e. The topological polar surface area (TPSA) is 58.3 Å². The Kier molecular flexibility index (Phi) is 4.58. The lowest BCUT2D eigenvalue weighted by atomic mass is 10.0. The number of piperidine rings is 1. The molecular formula is C14H25N5. The molecule has 1 aliphatic heterocycles. The van der Waals surface area contributed by atoms with Crippen LogP contribution in [-0.4, -0.2) is 47.6 Å². The van der Waals surface area contributed by atoms with E-state index in [2.05, 4.69) is 40.7 Å². The minimum absolute atomic E-state index is 0.558. The third kappa shape index (κ3) is 2.97. The van der Waals surface area contributed by atoms with Crippen molar-refractivity contribution in [3.8, 4) is 0 Å². The third-order valence-corrected chi connectivity index (χ3v) is 4.20. The first-order valence-corrected chi connectivity index (χ1v) is 7.21. The summed E-state index contributed by atoms with van der Waals surface area (Å²) in [4.78, 5) is 13.3. The molecule has 0 aliphatic carbocycles. The molecule has 2 rings (SSSR count). The number of nitrogen functional groups attached to an aromatic ring is 1. The van der Waals surface area contributed by atoms with Gasteiger partial charge in [0.2, 0.25) is 0 Å². The lowest BCUT2D eigenvalue weighted by Crippen LogP contribution is -2.43. The average molecular weight is 263 g/mol. The second kappa shape index (κ2) is 6.19. The van der Waals surface area contributed by atoms with Gasteiger partial charge in [0.25, 0.3) is 0 Å². The first-order valence-electron chi connectivity index (χ1n) is 7.21. The molecule has 1 saturated heterocycles. The van der Waals surface area contributed by atoms with E-state index in [1.54, 1.807) is 6.33 Å². The van der Waals surface area contributed by atoms with E-state index in [0.29, 0.717) is 11.9 Å². The zero-order valence-electron chi connectivity index (χ0n) is 12.3. The van der Waals surface area contributed by atoms with Crippen molar-refractivity contribution >= 4 is 11.6 Å². The molecule has 0 bridgehead atoms. The molecule has 5 nitrogen and oxygen atoms in total. The Morgan fingerprint density at radius 2 is 2.00 bits per heavy atom. The quantitative estimate of drug-likeness (QED) is 0.893. The van der Waals surface area contributed by atoms with Crippen LogP contribution in [0, 0.1) is 0 Å². The van der Waals surface area contributed by atoms with Crippen molar-refractivity contribution in [2.45, 2.75) is 39.2 Å². The molecule has 1 aromatic rings. The van der Waals surface area contributed by atoms with Gasteiger partial charge in [0.15, 0.2) is 0 Å². The Morgan fingerprint density at radius 3 is 2.58 bits per heavy atom. The molecule has 2 N–H and O–H groups in total. The Hall–Kier alpha value is -1.36. The second-order valence-electron chi connectivity index (χ2n) is 5.19. The highest BCUT2D eigenvalue weighted by Gasteiger charge is 2.24. The Labute approximate surface area is 115 Å². The number of nitrogens with two attached hydrogens (primary N) is 1. The lowest BCUT2D eigenvalue weighted by Gasteiger charge is -2.37. The van der Waals surface area contributed by atoms with Crippen LogP contribution in [0.5, 0.6) is 0 Å². The summed E-state index contributed by atoms with van der Waals surface area (Å²) in [5.74, 6) is 1.62. The van der Waals surface area contributed by atoms with Gasteiger partial charge in [-0.15, -0.1) is 0 Å². The number of nitrogens with zero attached hydrogens (tertiary/aromatic N) is 4. The molecule has 0 unspecified atom stereocenters. The molecule has 1 aliphatic rings. The molecule has 106 valence electrons. The van der Waals surface area contributed by atoms with Crippen molar-refractivity contribution in [2.24, 2.45) is 0 Å². The summed E-state index contributed by atoms with van der Waals surface area (Å²) in [5.41, 5.74) is 7.03. The summed E-state index contributed by atoms with van der Waals surface area (Å²) >= 11 is 0. The van der Waals surface area contributed by atoms with Gasteiger partial charge in [-0.05, 0) is 25.8 Å². The SMILES string of the molecule is CCc1c(N)ncnc1N(C)C1CCN(CC)CC1. The van der Waals surface area contributed by atoms with E-state index >= 15 is 0 Å². The molecule has 1 aromatic heterocycles. The fraction of sp³-hybridized carbons (Fsp3) is 0.714. The molecule has 0 radical (unpaired) electrons. The number of hydrogen-bond acceptors (Lipinski definition) is 5. The Bertz CT molecular complexity index is 412. The maximum absolute atomic E-state index is 5.96. The van der Waals surface area contributed by atoms with Crippen molar-refractivity contribution < 1.29 is 0 Å². The van der Waals surface area contributed by atoms with Crippen LogP contribution in [0.2, 0.25) is 0 Å². The first-order chi connectivity index (χ1) is 9.17. The Balaban J connectivity index is 2.12. The van der Waals surface area contributed by atoms with Crippen LogP contribution in [0.1, 0.15) is 32.3 Å². The van der Waals surface area contributed by atoms with Gasteiger partial charge in [0, 0.05) is 31.7 Å². The van der Waals surface area contributed by atoms with Gasteiger partial charge >= 0.3 is 0 Å². The molecule has 19 heavy (non-hydrogen) atoms. The minimum atomic E-state index is 0.558. The molecule has 1 fully saturated rings. The molecule has 2 heterocycles. The van der Waals surface area contributed by atoms with Crippen LogP contribution < -0.4 is 10.6 Å². The van der Waals surface area contributed by atoms with Crippen LogP contribution in [0.25, 0.3) is 0 Å². The van der Waals surface area contributed by atoms with E-state index in [9.17, 15) is 0 Å². The highest BCUT2D eigenvalue weighted by Crippen LogP contribution is 2.26. The molecule has 0 atom stereocenters. The molecule has 5 heteroatoms. The number of hydrogen-bond donors (Lipinski definition) is 1. The Morgan fingerprint density at radius 1 is 1.32 bits per heavy atom. The van der Waals surface area contributed by atoms with E-state index < -0.39 is 0 Å². The normalized spacial score (nSPS) is 17.6. The van der Waals surface area contributed by atoms with Crippen molar-refractivity contribution in [2.75, 3.05) is 37.3 Å². The number of anilines is 2. The van der Waals surface area contributed by atoms with Crippen molar-refractivity contribution in [3.63, 3.8) is 0 Å². The fourth-order valence-electron chi connectivity index (χ4n) is 2.86. The average Bonchev–Trinajstić information content (AvgIpc) is 2.46. The van der Waals surface area contributed by atoms with E-state index in [1.807, 2.05) is 0 Å². The second-order valence-corrected chi connectivity index (χ2v) is 5.19. The van der Waals surface area contributed by atoms with Gasteiger partial charge in [-0.1, -0.05) is 13.8 Å². The lowest BCUT2D eigenvalue weighted by molar-refractivity contribution is 0.220. The number of aromatic nitrogens is 2. The van der Waals surface area contributed by atoms with Crippen LogP contribution in [-0.2, 0) is 6.42 Å². The molecular weight excluding hydrogens is 238 g/mol. The summed E-state index contributed by atoms with van der Waals surface area (Å²) < 4.78 is 0. The molecule has 0 spiro atoms. The monoisotopic (exact) mass is 263 g/mol. The summed E-state index contributed by atoms with van der Waals surface area (Å²) in [6, 6.07) is 0.558. The summed E-state index contributed by atoms with van der Waals surface area (Å²) in [6.45, 7) is 7.83. The smallest absolute Gasteiger partial charge is 0.137 e. The van der Waals surface area contributed by atoms with Gasteiger partial charge in [-0.25, -0.2) is 9.97 Å². The summed E-state index contributed by atoms with van der Waals surface area (Å²) in [6.07, 6.45) is 4.83. The first kappa shape index (κ1) is 14.1. The maximum atomic E-state index is 5.96. The standard InChI is InChI=1S/C14H25N5/c1-4-12-13(15)16-10-17-14(12)18(3)11-6-8-19(5-2)9-7-11/h10-11H,4-9H2,1-3H3,(H2,15,16,17). The zero-order valence-corrected chi connectivity index (χ0v) is 12.3. The minimum Gasteiger partial charge on any atom is -0.383 e. The van der Waals surface area contributed by atoms with E-state index in [4.69, 9.17) is 5.73 Å². The molecule has 0 amide bonds. The van der Waals surface area contributed by atoms with Crippen LogP contribution in [0.15, 0.2) is 6.33 Å². The van der Waals surface area contributed by atoms with Crippen LogP contribution in [0.3, 0.4) is 0 Å². The van der Waals surface area contributed by atoms with Crippen molar-refractivity contribution in [3.05, 3.63) is 11.9 Å². The van der Waals surface area contributed by atoms with E-state index in [1.165, 1.54) is 25.9 Å². The summed E-state index contributed by atoms with van der Waals surface area (Å²) in [7, 11) is 2.13. The summed E-state index contributed by atoms with van der Waals surface area (Å²) in [5, 5.41) is 0. The van der Waals surface area contributed by atoms with Crippen molar-refractivity contribution in [1.82, 2.24) is 14.9 Å². The van der Waals surface area contributed by atoms with Gasteiger partial charge < -0.3 is 15.5 Å². The number of likely N-dealkylation sites (tertiary alicyclic amines) is 1. The van der Waals surface area contributed by atoms with E-state index in [-0.39, 0.29) is 0 Å².